The van der Waals surface area contributed by atoms with E-state index in [2.05, 4.69) is 10.4 Å². The second-order valence-electron chi connectivity index (χ2n) is 7.20. The van der Waals surface area contributed by atoms with Gasteiger partial charge in [0.2, 0.25) is 5.91 Å². The molecule has 2 aromatic carbocycles. The third kappa shape index (κ3) is 3.44. The summed E-state index contributed by atoms with van der Waals surface area (Å²) in [6, 6.07) is 16.8. The van der Waals surface area contributed by atoms with Gasteiger partial charge in [-0.1, -0.05) is 55.5 Å². The van der Waals surface area contributed by atoms with E-state index in [-0.39, 0.29) is 17.5 Å². The molecule has 4 rings (SSSR count). The average Bonchev–Trinajstić information content (AvgIpc) is 3.13. The maximum absolute atomic E-state index is 13.3. The maximum atomic E-state index is 13.3. The van der Waals surface area contributed by atoms with Crippen molar-refractivity contribution in [2.24, 2.45) is 0 Å². The first-order valence-corrected chi connectivity index (χ1v) is 10.6. The Kier molecular flexibility index (Phi) is 5.20. The van der Waals surface area contributed by atoms with E-state index in [0.29, 0.717) is 11.8 Å². The number of fused-ring (bicyclic) bond motifs is 3. The lowest BCUT2D eigenvalue weighted by atomic mass is 10.1. The first-order valence-electron chi connectivity index (χ1n) is 9.77. The fraction of sp³-hybridized carbons (Fsp3) is 0.261. The van der Waals surface area contributed by atoms with Crippen LogP contribution in [0.5, 0.6) is 0 Å². The minimum atomic E-state index is -0.657. The van der Waals surface area contributed by atoms with E-state index in [1.54, 1.807) is 11.3 Å². The zero-order valence-corrected chi connectivity index (χ0v) is 17.5. The first-order chi connectivity index (χ1) is 14.0. The van der Waals surface area contributed by atoms with Gasteiger partial charge in [0.25, 0.3) is 5.56 Å². The number of rotatable bonds is 5. The predicted molar refractivity (Wildman–Crippen MR) is 118 cm³/mol. The van der Waals surface area contributed by atoms with Gasteiger partial charge >= 0.3 is 0 Å². The molecule has 1 N–H and O–H groups in total. The van der Waals surface area contributed by atoms with E-state index in [1.165, 1.54) is 4.68 Å². The molecule has 4 aromatic rings. The Bertz CT molecular complexity index is 1240. The molecule has 0 spiro atoms. The van der Waals surface area contributed by atoms with Crippen LogP contribution < -0.4 is 10.9 Å². The molecule has 0 aliphatic carbocycles. The van der Waals surface area contributed by atoms with Crippen molar-refractivity contribution in [3.8, 4) is 0 Å². The molecule has 0 fully saturated rings. The number of carbonyl (C=O) groups excluding carboxylic acids is 1. The molecular weight excluding hydrogens is 382 g/mol. The predicted octanol–water partition coefficient (Wildman–Crippen LogP) is 4.75. The van der Waals surface area contributed by atoms with E-state index in [4.69, 9.17) is 0 Å². The molecular formula is C23H23N3O2S. The highest BCUT2D eigenvalue weighted by atomic mass is 32.1. The van der Waals surface area contributed by atoms with Crippen LogP contribution in [0.3, 0.4) is 0 Å². The van der Waals surface area contributed by atoms with E-state index < -0.39 is 6.04 Å². The average molecular weight is 406 g/mol. The van der Waals surface area contributed by atoms with Crippen molar-refractivity contribution in [2.45, 2.75) is 39.3 Å². The lowest BCUT2D eigenvalue weighted by Crippen LogP contribution is -2.39. The molecule has 1 amide bonds. The second-order valence-corrected chi connectivity index (χ2v) is 8.25. The van der Waals surface area contributed by atoms with Crippen LogP contribution in [0.2, 0.25) is 0 Å². The van der Waals surface area contributed by atoms with Crippen LogP contribution >= 0.6 is 11.3 Å². The summed E-state index contributed by atoms with van der Waals surface area (Å²) in [7, 11) is 0. The van der Waals surface area contributed by atoms with Crippen LogP contribution in [0, 0.1) is 6.92 Å². The van der Waals surface area contributed by atoms with Crippen LogP contribution in [-0.4, -0.2) is 15.7 Å². The number of nitrogens with zero attached hydrogens (tertiary/aromatic N) is 2. The van der Waals surface area contributed by atoms with Crippen molar-refractivity contribution in [1.82, 2.24) is 15.1 Å². The van der Waals surface area contributed by atoms with E-state index in [1.807, 2.05) is 75.4 Å². The van der Waals surface area contributed by atoms with Crippen LogP contribution in [0.15, 0.2) is 59.4 Å². The van der Waals surface area contributed by atoms with Crippen molar-refractivity contribution < 1.29 is 4.79 Å². The molecule has 0 bridgehead atoms. The van der Waals surface area contributed by atoms with Crippen molar-refractivity contribution in [2.75, 3.05) is 0 Å². The number of nitrogens with one attached hydrogen (secondary N) is 1. The van der Waals surface area contributed by atoms with Gasteiger partial charge in [-0.05, 0) is 31.9 Å². The summed E-state index contributed by atoms with van der Waals surface area (Å²) in [5.41, 5.74) is 1.58. The summed E-state index contributed by atoms with van der Waals surface area (Å²) in [5, 5.41) is 9.13. The highest BCUT2D eigenvalue weighted by molar-refractivity contribution is 7.26. The number of hydrogen-bond acceptors (Lipinski definition) is 4. The Morgan fingerprint density at radius 2 is 1.83 bits per heavy atom. The third-order valence-corrected chi connectivity index (χ3v) is 6.53. The standard InChI is InChI=1S/C23H23N3O2S/c1-4-18(22(27)24-14(2)16-10-6-5-7-11-16)26-23(28)20-17-12-8-9-13-19(17)29-21(20)15(3)25-26/h5-14,18H,4H2,1-3H3,(H,24,27). The van der Waals surface area contributed by atoms with Crippen LogP contribution in [0.25, 0.3) is 20.2 Å². The number of aryl methyl sites for hydroxylation is 1. The molecule has 0 aliphatic heterocycles. The third-order valence-electron chi connectivity index (χ3n) is 5.25. The molecule has 6 heteroatoms. The van der Waals surface area contributed by atoms with Gasteiger partial charge in [-0.25, -0.2) is 4.68 Å². The van der Waals surface area contributed by atoms with Gasteiger partial charge in [0.1, 0.15) is 6.04 Å². The number of amides is 1. The van der Waals surface area contributed by atoms with E-state index in [9.17, 15) is 9.59 Å². The number of hydrogen-bond donors (Lipinski definition) is 1. The summed E-state index contributed by atoms with van der Waals surface area (Å²) in [6.07, 6.45) is 0.479. The van der Waals surface area contributed by atoms with Crippen LogP contribution in [0.4, 0.5) is 0 Å². The fourth-order valence-corrected chi connectivity index (χ4v) is 4.83. The van der Waals surface area contributed by atoms with Gasteiger partial charge in [-0.2, -0.15) is 5.10 Å². The summed E-state index contributed by atoms with van der Waals surface area (Å²) in [4.78, 5) is 26.4. The molecule has 2 aromatic heterocycles. The molecule has 0 saturated carbocycles. The van der Waals surface area contributed by atoms with Gasteiger partial charge in [-0.3, -0.25) is 9.59 Å². The number of aromatic nitrogens is 2. The second kappa shape index (κ2) is 7.79. The lowest BCUT2D eigenvalue weighted by Gasteiger charge is -2.21. The normalized spacial score (nSPS) is 13.5. The zero-order valence-electron chi connectivity index (χ0n) is 16.7. The Morgan fingerprint density at radius 3 is 2.55 bits per heavy atom. The van der Waals surface area contributed by atoms with Gasteiger partial charge in [0.05, 0.1) is 21.8 Å². The molecule has 2 unspecified atom stereocenters. The molecule has 0 aliphatic rings. The van der Waals surface area contributed by atoms with Crippen molar-refractivity contribution in [3.05, 3.63) is 76.2 Å². The minimum absolute atomic E-state index is 0.153. The van der Waals surface area contributed by atoms with Gasteiger partial charge in [-0.15, -0.1) is 11.3 Å². The molecule has 0 radical (unpaired) electrons. The number of thiophene rings is 1. The molecule has 5 nitrogen and oxygen atoms in total. The minimum Gasteiger partial charge on any atom is -0.348 e. The Balaban J connectivity index is 1.75. The largest absolute Gasteiger partial charge is 0.348 e. The topological polar surface area (TPSA) is 64.0 Å². The molecule has 2 heterocycles. The highest BCUT2D eigenvalue weighted by Gasteiger charge is 2.25. The monoisotopic (exact) mass is 405 g/mol. The quantitative estimate of drug-likeness (QED) is 0.521. The SMILES string of the molecule is CCC(C(=O)NC(C)c1ccccc1)n1nc(C)c2sc3ccccc3c2c1=O. The molecule has 148 valence electrons. The summed E-state index contributed by atoms with van der Waals surface area (Å²) in [5.74, 6) is -0.197. The highest BCUT2D eigenvalue weighted by Crippen LogP contribution is 2.33. The summed E-state index contributed by atoms with van der Waals surface area (Å²) >= 11 is 1.57. The summed E-state index contributed by atoms with van der Waals surface area (Å²) < 4.78 is 3.31. The van der Waals surface area contributed by atoms with Gasteiger partial charge < -0.3 is 5.32 Å². The molecule has 29 heavy (non-hydrogen) atoms. The van der Waals surface area contributed by atoms with Gasteiger partial charge in [0.15, 0.2) is 0 Å². The summed E-state index contributed by atoms with van der Waals surface area (Å²) in [6.45, 7) is 5.73. The Morgan fingerprint density at radius 1 is 1.14 bits per heavy atom. The maximum Gasteiger partial charge on any atom is 0.276 e. The van der Waals surface area contributed by atoms with Crippen molar-refractivity contribution in [3.63, 3.8) is 0 Å². The van der Waals surface area contributed by atoms with Crippen LogP contribution in [-0.2, 0) is 4.79 Å². The fourth-order valence-electron chi connectivity index (χ4n) is 3.69. The van der Waals surface area contributed by atoms with E-state index >= 15 is 0 Å². The Labute approximate surface area is 173 Å². The first kappa shape index (κ1) is 19.3. The lowest BCUT2D eigenvalue weighted by molar-refractivity contribution is -0.125. The van der Waals surface area contributed by atoms with Crippen molar-refractivity contribution >= 4 is 37.4 Å². The Hall–Kier alpha value is -2.99. The number of benzene rings is 2. The number of carbonyl (C=O) groups is 1. The molecule has 0 saturated heterocycles. The smallest absolute Gasteiger partial charge is 0.276 e. The van der Waals surface area contributed by atoms with Crippen molar-refractivity contribution in [1.29, 1.82) is 0 Å². The van der Waals surface area contributed by atoms with Gasteiger partial charge in [0, 0.05) is 10.1 Å². The van der Waals surface area contributed by atoms with E-state index in [0.717, 1.165) is 26.0 Å². The zero-order chi connectivity index (χ0) is 20.5. The molecule has 2 atom stereocenters. The van der Waals surface area contributed by atoms with Crippen LogP contribution in [0.1, 0.15) is 43.6 Å².